The molecule has 1 unspecified atom stereocenters. The van der Waals surface area contributed by atoms with E-state index in [1.165, 1.54) is 16.8 Å². The topological polar surface area (TPSA) is 40.7 Å². The number of nitrogens with one attached hydrogen (secondary N) is 2. The second-order valence-electron chi connectivity index (χ2n) is 5.18. The molecule has 1 atom stereocenters. The van der Waals surface area contributed by atoms with Crippen molar-refractivity contribution in [2.45, 2.75) is 39.3 Å². The lowest BCUT2D eigenvalue weighted by Gasteiger charge is -2.09. The molecule has 4 heteroatoms. The van der Waals surface area contributed by atoms with E-state index in [-0.39, 0.29) is 0 Å². The first kappa shape index (κ1) is 12.7. The van der Waals surface area contributed by atoms with Gasteiger partial charge in [-0.3, -0.25) is 0 Å². The Morgan fingerprint density at radius 1 is 1.47 bits per heavy atom. The van der Waals surface area contributed by atoms with Gasteiger partial charge < -0.3 is 10.3 Å². The van der Waals surface area contributed by atoms with Crippen LogP contribution in [0.4, 0.5) is 0 Å². The van der Waals surface area contributed by atoms with Crippen LogP contribution < -0.4 is 5.32 Å². The molecule has 0 aliphatic heterocycles. The van der Waals surface area contributed by atoms with E-state index in [4.69, 9.17) is 16.6 Å². The van der Waals surface area contributed by atoms with Crippen molar-refractivity contribution < 1.29 is 0 Å². The number of aromatic amines is 1. The van der Waals surface area contributed by atoms with Crippen molar-refractivity contribution in [3.63, 3.8) is 0 Å². The molecule has 100 valence electrons. The number of H-pyrrole nitrogens is 1. The molecular formula is C15H18ClN3. The van der Waals surface area contributed by atoms with Crippen LogP contribution >= 0.6 is 11.6 Å². The lowest BCUT2D eigenvalue weighted by Crippen LogP contribution is -2.25. The fourth-order valence-corrected chi connectivity index (χ4v) is 2.64. The zero-order valence-electron chi connectivity index (χ0n) is 11.3. The summed E-state index contributed by atoms with van der Waals surface area (Å²) in [5.41, 5.74) is 4.78. The monoisotopic (exact) mass is 275 g/mol. The Bertz CT molecular complexity index is 603. The van der Waals surface area contributed by atoms with Gasteiger partial charge in [0.1, 0.15) is 5.82 Å². The van der Waals surface area contributed by atoms with Gasteiger partial charge in [0.25, 0.3) is 0 Å². The number of rotatable bonds is 4. The Morgan fingerprint density at radius 2 is 2.32 bits per heavy atom. The molecular weight excluding hydrogens is 258 g/mol. The highest BCUT2D eigenvalue weighted by atomic mass is 35.5. The van der Waals surface area contributed by atoms with Crippen molar-refractivity contribution in [1.29, 1.82) is 0 Å². The van der Waals surface area contributed by atoms with E-state index in [1.807, 2.05) is 12.1 Å². The van der Waals surface area contributed by atoms with Gasteiger partial charge in [0.05, 0.1) is 12.2 Å². The van der Waals surface area contributed by atoms with Crippen molar-refractivity contribution in [3.8, 4) is 11.3 Å². The molecule has 2 N–H and O–H groups in total. The third-order valence-electron chi connectivity index (χ3n) is 3.75. The predicted molar refractivity (Wildman–Crippen MR) is 78.4 cm³/mol. The van der Waals surface area contributed by atoms with Crippen LogP contribution in [0, 0.1) is 0 Å². The molecule has 1 aliphatic rings. The summed E-state index contributed by atoms with van der Waals surface area (Å²) in [6.07, 6.45) is 2.03. The molecule has 1 aromatic heterocycles. The molecule has 0 bridgehead atoms. The third-order valence-corrected chi connectivity index (χ3v) is 3.98. The normalized spacial score (nSPS) is 14.3. The van der Waals surface area contributed by atoms with Crippen LogP contribution in [-0.2, 0) is 13.0 Å². The number of benzene rings is 1. The Kier molecular flexibility index (Phi) is 3.33. The van der Waals surface area contributed by atoms with Crippen molar-refractivity contribution in [1.82, 2.24) is 15.3 Å². The molecule has 0 fully saturated rings. The van der Waals surface area contributed by atoms with Crippen LogP contribution in [0.1, 0.15) is 37.4 Å². The molecule has 0 saturated carbocycles. The largest absolute Gasteiger partial charge is 0.344 e. The first-order chi connectivity index (χ1) is 9.17. The van der Waals surface area contributed by atoms with Crippen LogP contribution in [0.2, 0.25) is 5.02 Å². The molecule has 3 rings (SSSR count). The van der Waals surface area contributed by atoms with Crippen LogP contribution in [-0.4, -0.2) is 16.0 Å². The number of aromatic nitrogens is 2. The lowest BCUT2D eigenvalue weighted by molar-refractivity contribution is 0.524. The van der Waals surface area contributed by atoms with E-state index >= 15 is 0 Å². The molecule has 1 aromatic carbocycles. The molecule has 2 aromatic rings. The molecule has 3 nitrogen and oxygen atoms in total. The van der Waals surface area contributed by atoms with E-state index < -0.39 is 0 Å². The Labute approximate surface area is 118 Å². The van der Waals surface area contributed by atoms with E-state index in [9.17, 15) is 0 Å². The summed E-state index contributed by atoms with van der Waals surface area (Å²) in [4.78, 5) is 8.13. The van der Waals surface area contributed by atoms with Crippen LogP contribution in [0.15, 0.2) is 18.2 Å². The number of nitrogens with zero attached hydrogens (tertiary/aromatic N) is 1. The SMILES string of the molecule is CCC(C)NCc1nc2c([nH]1)Cc1cc(Cl)ccc1-2. The first-order valence-corrected chi connectivity index (χ1v) is 7.15. The van der Waals surface area contributed by atoms with Gasteiger partial charge in [-0.05, 0) is 31.0 Å². The maximum atomic E-state index is 6.02. The smallest absolute Gasteiger partial charge is 0.121 e. The predicted octanol–water partition coefficient (Wildman–Crippen LogP) is 3.52. The van der Waals surface area contributed by atoms with Gasteiger partial charge in [0.2, 0.25) is 0 Å². The van der Waals surface area contributed by atoms with Crippen molar-refractivity contribution in [3.05, 3.63) is 40.3 Å². The van der Waals surface area contributed by atoms with Gasteiger partial charge in [0.15, 0.2) is 0 Å². The maximum absolute atomic E-state index is 6.02. The summed E-state index contributed by atoms with van der Waals surface area (Å²) in [6.45, 7) is 5.17. The first-order valence-electron chi connectivity index (χ1n) is 6.77. The van der Waals surface area contributed by atoms with E-state index in [0.717, 1.165) is 35.9 Å². The van der Waals surface area contributed by atoms with Gasteiger partial charge in [-0.2, -0.15) is 0 Å². The number of hydrogen-bond donors (Lipinski definition) is 2. The van der Waals surface area contributed by atoms with E-state index in [0.29, 0.717) is 6.04 Å². The summed E-state index contributed by atoms with van der Waals surface area (Å²) in [5, 5.41) is 4.25. The summed E-state index contributed by atoms with van der Waals surface area (Å²) in [6, 6.07) is 6.55. The fourth-order valence-electron chi connectivity index (χ4n) is 2.44. The maximum Gasteiger partial charge on any atom is 0.121 e. The van der Waals surface area contributed by atoms with Crippen molar-refractivity contribution >= 4 is 11.6 Å². The Hall–Kier alpha value is -1.32. The lowest BCUT2D eigenvalue weighted by atomic mass is 10.1. The molecule has 0 radical (unpaired) electrons. The summed E-state index contributed by atoms with van der Waals surface area (Å²) >= 11 is 6.02. The van der Waals surface area contributed by atoms with Crippen molar-refractivity contribution in [2.75, 3.05) is 0 Å². The highest BCUT2D eigenvalue weighted by Crippen LogP contribution is 2.36. The van der Waals surface area contributed by atoms with Gasteiger partial charge >= 0.3 is 0 Å². The highest BCUT2D eigenvalue weighted by Gasteiger charge is 2.22. The third kappa shape index (κ3) is 2.40. The second kappa shape index (κ2) is 4.99. The van der Waals surface area contributed by atoms with Gasteiger partial charge in [-0.15, -0.1) is 0 Å². The Balaban J connectivity index is 1.81. The Morgan fingerprint density at radius 3 is 3.11 bits per heavy atom. The average molecular weight is 276 g/mol. The molecule has 0 saturated heterocycles. The summed E-state index contributed by atoms with van der Waals surface area (Å²) in [7, 11) is 0. The zero-order valence-corrected chi connectivity index (χ0v) is 12.0. The van der Waals surface area contributed by atoms with Crippen molar-refractivity contribution in [2.24, 2.45) is 0 Å². The number of hydrogen-bond acceptors (Lipinski definition) is 2. The molecule has 19 heavy (non-hydrogen) atoms. The highest BCUT2D eigenvalue weighted by molar-refractivity contribution is 6.30. The molecule has 1 heterocycles. The van der Waals surface area contributed by atoms with Gasteiger partial charge in [-0.1, -0.05) is 24.6 Å². The van der Waals surface area contributed by atoms with Gasteiger partial charge in [0, 0.05) is 28.7 Å². The van der Waals surface area contributed by atoms with Crippen LogP contribution in [0.5, 0.6) is 0 Å². The summed E-state index contributed by atoms with van der Waals surface area (Å²) < 4.78 is 0. The second-order valence-corrected chi connectivity index (χ2v) is 5.62. The molecule has 0 amide bonds. The number of halogens is 1. The van der Waals surface area contributed by atoms with Crippen LogP contribution in [0.3, 0.4) is 0 Å². The summed E-state index contributed by atoms with van der Waals surface area (Å²) in [5.74, 6) is 1.02. The minimum Gasteiger partial charge on any atom is -0.344 e. The number of imidazole rings is 1. The van der Waals surface area contributed by atoms with E-state index in [1.54, 1.807) is 0 Å². The minimum absolute atomic E-state index is 0.519. The quantitative estimate of drug-likeness (QED) is 0.765. The molecule has 0 spiro atoms. The van der Waals surface area contributed by atoms with Crippen LogP contribution in [0.25, 0.3) is 11.3 Å². The average Bonchev–Trinajstić information content (AvgIpc) is 2.92. The fraction of sp³-hybridized carbons (Fsp3) is 0.400. The standard InChI is InChI=1S/C15H18ClN3/c1-3-9(2)17-8-14-18-13-7-10-6-11(16)4-5-12(10)15(13)19-14/h4-6,9,17H,3,7-8H2,1-2H3,(H,18,19). The number of fused-ring (bicyclic) bond motifs is 3. The van der Waals surface area contributed by atoms with Gasteiger partial charge in [-0.25, -0.2) is 4.98 Å². The zero-order chi connectivity index (χ0) is 13.4. The molecule has 1 aliphatic carbocycles. The minimum atomic E-state index is 0.519. The van der Waals surface area contributed by atoms with E-state index in [2.05, 4.69) is 30.2 Å².